The molecular weight excluding hydrogens is 274 g/mol. The quantitative estimate of drug-likeness (QED) is 0.435. The third-order valence-corrected chi connectivity index (χ3v) is 3.89. The number of unbranched alkanes of at least 4 members (excludes halogenated alkanes) is 5. The van der Waals surface area contributed by atoms with Crippen LogP contribution >= 0.6 is 0 Å². The van der Waals surface area contributed by atoms with Gasteiger partial charge >= 0.3 is 0 Å². The van der Waals surface area contributed by atoms with Gasteiger partial charge < -0.3 is 15.9 Å². The monoisotopic (exact) mass is 315 g/mol. The summed E-state index contributed by atoms with van der Waals surface area (Å²) in [6.07, 6.45) is 6.98. The molecule has 0 amide bonds. The summed E-state index contributed by atoms with van der Waals surface area (Å²) in [5.74, 6) is 0. The number of rotatable bonds is 15. The van der Waals surface area contributed by atoms with Gasteiger partial charge in [0.05, 0.1) is 24.2 Å². The van der Waals surface area contributed by atoms with Crippen LogP contribution in [0.15, 0.2) is 24.2 Å². The second kappa shape index (κ2) is 10.8. The summed E-state index contributed by atoms with van der Waals surface area (Å²) in [6.45, 7) is 1.43. The first kappa shape index (κ1) is 10.1. The molecule has 4 N–H and O–H groups in total. The molecule has 0 atom stereocenters. The van der Waals surface area contributed by atoms with Gasteiger partial charge in [0.15, 0.2) is 0 Å². The molecule has 0 unspecified atom stereocenters. The van der Waals surface area contributed by atoms with Crippen LogP contribution in [0, 0.1) is 0 Å². The lowest BCUT2D eigenvalue weighted by atomic mass is 9.93. The van der Waals surface area contributed by atoms with Gasteiger partial charge in [0.2, 0.25) is 2.86 Å². The van der Waals surface area contributed by atoms with Crippen LogP contribution < -0.4 is 5.72 Å². The third kappa shape index (κ3) is 7.39. The Kier molecular flexibility index (Phi) is 4.93. The minimum atomic E-state index is -1.43. The van der Waals surface area contributed by atoms with Crippen LogP contribution in [0.25, 0.3) is 0 Å². The highest BCUT2D eigenvalue weighted by molar-refractivity contribution is 5.23. The van der Waals surface area contributed by atoms with E-state index in [9.17, 15) is 0 Å². The first-order valence-corrected chi connectivity index (χ1v) is 8.28. The Morgan fingerprint density at radius 2 is 1.59 bits per heavy atom. The second-order valence-corrected chi connectivity index (χ2v) is 5.99. The molecule has 1 aromatic rings. The third-order valence-electron chi connectivity index (χ3n) is 3.89. The van der Waals surface area contributed by atoms with Crippen LogP contribution in [0.3, 0.4) is 0 Å². The number of benzene rings is 1. The van der Waals surface area contributed by atoms with Gasteiger partial charge in [-0.1, -0.05) is 63.2 Å². The van der Waals surface area contributed by atoms with Gasteiger partial charge in [0.1, 0.15) is 2.82 Å². The molecule has 0 heterocycles. The number of nitrogens with two attached hydrogens (primary N) is 1. The van der Waals surface area contributed by atoms with Gasteiger partial charge in [0.25, 0.3) is 0 Å². The molecule has 3 nitrogen and oxygen atoms in total. The Bertz CT molecular complexity index is 625. The summed E-state index contributed by atoms with van der Waals surface area (Å²) >= 11 is 0. The van der Waals surface area contributed by atoms with Crippen LogP contribution in [0.1, 0.15) is 68.5 Å². The van der Waals surface area contributed by atoms with E-state index in [0.29, 0.717) is 17.7 Å². The molecule has 0 aliphatic carbocycles. The summed E-state index contributed by atoms with van der Waals surface area (Å²) in [4.78, 5) is 0. The summed E-state index contributed by atoms with van der Waals surface area (Å²) in [5.41, 5.74) is -0.497. The maximum Gasteiger partial charge on any atom is 0.210 e. The highest BCUT2D eigenvalue weighted by Crippen LogP contribution is 2.14. The van der Waals surface area contributed by atoms with Crippen molar-refractivity contribution >= 4 is 0 Å². The van der Waals surface area contributed by atoms with Crippen molar-refractivity contribution in [1.82, 2.24) is 0 Å². The highest BCUT2D eigenvalue weighted by Gasteiger charge is 2.22. The van der Waals surface area contributed by atoms with Gasteiger partial charge in [-0.15, -0.1) is 0 Å². The number of aliphatic hydroxyl groups is 2. The van der Waals surface area contributed by atoms with Crippen LogP contribution in [-0.4, -0.2) is 31.8 Å². The summed E-state index contributed by atoms with van der Waals surface area (Å²) in [6, 6.07) is -0.337. The fourth-order valence-electron chi connectivity index (χ4n) is 2.24. The minimum absolute atomic E-state index is 0.00513. The van der Waals surface area contributed by atoms with Crippen molar-refractivity contribution in [3.63, 3.8) is 0 Å². The largest absolute Gasteiger partial charge is 0.394 e. The topological polar surface area (TPSA) is 66.5 Å². The van der Waals surface area contributed by atoms with E-state index >= 15 is 0 Å². The van der Waals surface area contributed by atoms with E-state index in [0.717, 1.165) is 19.3 Å². The van der Waals surface area contributed by atoms with Crippen molar-refractivity contribution < 1.29 is 18.5 Å². The SMILES string of the molecule is [2H]OCC(CCc1c([2H])c([2H])c(CCCCCCCC)c([2H])c1[2H])(CO[2H])N([2H])[2H]. The Morgan fingerprint density at radius 3 is 2.18 bits per heavy atom. The lowest BCUT2D eigenvalue weighted by Crippen LogP contribution is -2.47. The molecule has 0 radical (unpaired) electrons. The smallest absolute Gasteiger partial charge is 0.210 e. The van der Waals surface area contributed by atoms with Crippen LogP contribution in [0.4, 0.5) is 0 Å². The highest BCUT2D eigenvalue weighted by atomic mass is 16.3. The van der Waals surface area contributed by atoms with E-state index in [1.165, 1.54) is 19.3 Å². The maximum absolute atomic E-state index is 8.33. The Hall–Kier alpha value is -0.900. The normalized spacial score (nSPS) is 17.0. The Labute approximate surface area is 147 Å². The number of aliphatic hydroxyl groups excluding tert-OH is 2. The van der Waals surface area contributed by atoms with Crippen LogP contribution in [-0.2, 0) is 12.8 Å². The minimum Gasteiger partial charge on any atom is -0.394 e. The molecule has 1 aromatic carbocycles. The van der Waals surface area contributed by atoms with Crippen molar-refractivity contribution in [1.29, 1.82) is 2.86 Å². The first-order chi connectivity index (χ1) is 14.3. The average molecular weight is 316 g/mol. The molecule has 0 aliphatic heterocycles. The molecule has 0 fully saturated rings. The summed E-state index contributed by atoms with van der Waals surface area (Å²) < 4.78 is 62.5. The molecule has 0 saturated carbocycles. The van der Waals surface area contributed by atoms with Crippen LogP contribution in [0.2, 0.25) is 2.82 Å². The van der Waals surface area contributed by atoms with E-state index in [1.807, 2.05) is 0 Å². The Morgan fingerprint density at radius 1 is 1.00 bits per heavy atom. The molecule has 126 valence electrons. The second-order valence-electron chi connectivity index (χ2n) is 5.99. The molecule has 3 heteroatoms. The van der Waals surface area contributed by atoms with Gasteiger partial charge in [0, 0.05) is 0 Å². The zero-order valence-corrected chi connectivity index (χ0v) is 13.5. The Balaban J connectivity index is 2.99. The molecule has 0 saturated heterocycles. The predicted molar refractivity (Wildman–Crippen MR) is 92.9 cm³/mol. The van der Waals surface area contributed by atoms with Crippen molar-refractivity contribution in [2.45, 2.75) is 70.3 Å². The summed E-state index contributed by atoms with van der Waals surface area (Å²) in [5, 5.41) is 8.71. The lowest BCUT2D eigenvalue weighted by molar-refractivity contribution is 0.115. The molecule has 0 spiro atoms. The molecule has 0 bridgehead atoms. The van der Waals surface area contributed by atoms with Crippen molar-refractivity contribution in [3.05, 3.63) is 35.3 Å². The number of hydrogen-bond donors (Lipinski definition) is 3. The van der Waals surface area contributed by atoms with Gasteiger partial charge in [-0.25, -0.2) is 0 Å². The maximum atomic E-state index is 8.33. The van der Waals surface area contributed by atoms with E-state index < -0.39 is 5.54 Å². The molecular formula is C19H33NO2. The van der Waals surface area contributed by atoms with Gasteiger partial charge in [-0.3, -0.25) is 0 Å². The number of hydrogen-bond acceptors (Lipinski definition) is 3. The average Bonchev–Trinajstić information content (AvgIpc) is 2.71. The van der Waals surface area contributed by atoms with Crippen molar-refractivity contribution in [2.24, 2.45) is 5.72 Å². The standard InChI is InChI=1S/C19H33NO2/c1-2-3-4-5-6-7-8-17-9-11-18(12-10-17)13-14-19(20,15-21)16-22/h9-12,21-22H,2-8,13-16,20H2,1H3/i9D,10D,11D,12D,21D,22D/hD2. The van der Waals surface area contributed by atoms with Gasteiger partial charge in [-0.05, 0) is 36.8 Å². The van der Waals surface area contributed by atoms with Crippen molar-refractivity contribution in [3.8, 4) is 0 Å². The predicted octanol–water partition coefficient (Wildman–Crippen LogP) is 3.20. The van der Waals surface area contributed by atoms with Gasteiger partial charge in [-0.2, -0.15) is 0 Å². The van der Waals surface area contributed by atoms with E-state index in [2.05, 4.69) is 17.1 Å². The van der Waals surface area contributed by atoms with E-state index in [4.69, 9.17) is 11.2 Å². The van der Waals surface area contributed by atoms with E-state index in [-0.39, 0.29) is 55.8 Å². The van der Waals surface area contributed by atoms with Crippen LogP contribution in [0.5, 0.6) is 0 Å². The zero-order chi connectivity index (χ0) is 22.7. The lowest BCUT2D eigenvalue weighted by Gasteiger charge is -2.24. The molecule has 0 aliphatic rings. The zero-order valence-electron chi connectivity index (χ0n) is 21.5. The molecule has 22 heavy (non-hydrogen) atoms. The van der Waals surface area contributed by atoms with Crippen molar-refractivity contribution in [2.75, 3.05) is 13.2 Å². The fraction of sp³-hybridized carbons (Fsp3) is 0.684. The summed E-state index contributed by atoms with van der Waals surface area (Å²) in [7, 11) is 0. The molecule has 1 rings (SSSR count). The van der Waals surface area contributed by atoms with E-state index in [1.54, 1.807) is 0 Å². The fourth-order valence-corrected chi connectivity index (χ4v) is 2.24. The molecule has 0 aromatic heterocycles. The first-order valence-electron chi connectivity index (χ1n) is 12.0.